The fourth-order valence-corrected chi connectivity index (χ4v) is 2.07. The third-order valence-electron chi connectivity index (χ3n) is 3.02. The molecule has 0 aliphatic heterocycles. The van der Waals surface area contributed by atoms with Gasteiger partial charge in [0.1, 0.15) is 5.75 Å². The Morgan fingerprint density at radius 3 is 2.60 bits per heavy atom. The largest absolute Gasteiger partial charge is 0.508 e. The van der Waals surface area contributed by atoms with Crippen LogP contribution in [-0.4, -0.2) is 11.2 Å². The lowest BCUT2D eigenvalue weighted by atomic mass is 9.98. The van der Waals surface area contributed by atoms with Gasteiger partial charge in [0.2, 0.25) is 0 Å². The molecule has 1 N–H and O–H groups in total. The predicted molar refractivity (Wildman–Crippen MR) is 59.8 cm³/mol. The first-order valence-corrected chi connectivity index (χ1v) is 5.75. The Bertz CT molecular complexity index is 303. The van der Waals surface area contributed by atoms with E-state index in [9.17, 15) is 5.11 Å². The summed E-state index contributed by atoms with van der Waals surface area (Å²) in [6, 6.07) is 7.39. The van der Waals surface area contributed by atoms with Crippen molar-refractivity contribution in [3.05, 3.63) is 29.8 Å². The van der Waals surface area contributed by atoms with Crippen LogP contribution in [-0.2, 0) is 11.3 Å². The summed E-state index contributed by atoms with van der Waals surface area (Å²) < 4.78 is 5.79. The molecule has 1 aromatic rings. The number of hydrogen-bond donors (Lipinski definition) is 1. The maximum Gasteiger partial charge on any atom is 0.121 e. The van der Waals surface area contributed by atoms with Gasteiger partial charge >= 0.3 is 0 Å². The molecule has 0 radical (unpaired) electrons. The number of rotatable bonds is 3. The fraction of sp³-hybridized carbons (Fsp3) is 0.538. The zero-order valence-corrected chi connectivity index (χ0v) is 8.98. The second-order valence-corrected chi connectivity index (χ2v) is 4.20. The first-order chi connectivity index (χ1) is 7.36. The van der Waals surface area contributed by atoms with Gasteiger partial charge in [0.05, 0.1) is 12.7 Å². The lowest BCUT2D eigenvalue weighted by Crippen LogP contribution is -2.16. The third-order valence-corrected chi connectivity index (χ3v) is 3.02. The van der Waals surface area contributed by atoms with Gasteiger partial charge in [-0.05, 0) is 18.9 Å². The molecule has 1 aliphatic rings. The summed E-state index contributed by atoms with van der Waals surface area (Å²) in [5, 5.41) is 9.56. The summed E-state index contributed by atoms with van der Waals surface area (Å²) in [4.78, 5) is 0. The van der Waals surface area contributed by atoms with Crippen LogP contribution in [0.25, 0.3) is 0 Å². The summed E-state index contributed by atoms with van der Waals surface area (Å²) in [7, 11) is 0. The molecule has 0 bridgehead atoms. The van der Waals surface area contributed by atoms with Gasteiger partial charge in [-0.1, -0.05) is 37.5 Å². The van der Waals surface area contributed by atoms with Gasteiger partial charge in [-0.15, -0.1) is 0 Å². The molecule has 1 saturated carbocycles. The molecule has 0 amide bonds. The highest BCUT2D eigenvalue weighted by Crippen LogP contribution is 2.23. The van der Waals surface area contributed by atoms with Crippen molar-refractivity contribution in [1.82, 2.24) is 0 Å². The molecule has 82 valence electrons. The van der Waals surface area contributed by atoms with Crippen LogP contribution >= 0.6 is 0 Å². The summed E-state index contributed by atoms with van der Waals surface area (Å²) in [5.74, 6) is 0.341. The average molecular weight is 206 g/mol. The maximum absolute atomic E-state index is 9.56. The van der Waals surface area contributed by atoms with E-state index in [-0.39, 0.29) is 0 Å². The molecular weight excluding hydrogens is 188 g/mol. The standard InChI is InChI=1S/C13H18O2/c14-13-9-5-4-6-11(13)10-15-12-7-2-1-3-8-12/h4-6,9,12,14H,1-3,7-8,10H2. The van der Waals surface area contributed by atoms with Crippen LogP contribution in [0.3, 0.4) is 0 Å². The number of para-hydroxylation sites is 1. The van der Waals surface area contributed by atoms with E-state index in [1.807, 2.05) is 18.2 Å². The van der Waals surface area contributed by atoms with Crippen LogP contribution in [0, 0.1) is 0 Å². The van der Waals surface area contributed by atoms with Crippen molar-refractivity contribution >= 4 is 0 Å². The summed E-state index contributed by atoms with van der Waals surface area (Å²) in [6.07, 6.45) is 6.66. The Balaban J connectivity index is 1.84. The molecule has 0 aromatic heterocycles. The van der Waals surface area contributed by atoms with E-state index in [4.69, 9.17) is 4.74 Å². The highest BCUT2D eigenvalue weighted by atomic mass is 16.5. The monoisotopic (exact) mass is 206 g/mol. The van der Waals surface area contributed by atoms with Crippen molar-refractivity contribution in [3.8, 4) is 5.75 Å². The van der Waals surface area contributed by atoms with Crippen molar-refractivity contribution in [1.29, 1.82) is 0 Å². The fourth-order valence-electron chi connectivity index (χ4n) is 2.07. The summed E-state index contributed by atoms with van der Waals surface area (Å²) in [6.45, 7) is 0.539. The van der Waals surface area contributed by atoms with Gasteiger partial charge in [0.15, 0.2) is 0 Å². The number of phenolic OH excluding ortho intramolecular Hbond substituents is 1. The van der Waals surface area contributed by atoms with Crippen molar-refractivity contribution in [2.45, 2.75) is 44.8 Å². The minimum atomic E-state index is 0.341. The lowest BCUT2D eigenvalue weighted by Gasteiger charge is -2.22. The Hall–Kier alpha value is -1.02. The maximum atomic E-state index is 9.56. The van der Waals surface area contributed by atoms with E-state index in [0.29, 0.717) is 18.5 Å². The highest BCUT2D eigenvalue weighted by molar-refractivity contribution is 5.30. The van der Waals surface area contributed by atoms with Crippen molar-refractivity contribution < 1.29 is 9.84 Å². The van der Waals surface area contributed by atoms with Gasteiger partial charge in [-0.25, -0.2) is 0 Å². The third kappa shape index (κ3) is 2.96. The van der Waals surface area contributed by atoms with Gasteiger partial charge in [0, 0.05) is 5.56 Å². The van der Waals surface area contributed by atoms with E-state index in [2.05, 4.69) is 0 Å². The average Bonchev–Trinajstić information content (AvgIpc) is 2.29. The van der Waals surface area contributed by atoms with Crippen LogP contribution in [0.2, 0.25) is 0 Å². The zero-order valence-electron chi connectivity index (χ0n) is 8.98. The molecule has 2 rings (SSSR count). The van der Waals surface area contributed by atoms with Crippen molar-refractivity contribution in [2.75, 3.05) is 0 Å². The second-order valence-electron chi connectivity index (χ2n) is 4.20. The Kier molecular flexibility index (Phi) is 3.62. The number of hydrogen-bond acceptors (Lipinski definition) is 2. The SMILES string of the molecule is Oc1ccccc1COC1CCCCC1. The van der Waals surface area contributed by atoms with Crippen LogP contribution in [0.4, 0.5) is 0 Å². The molecule has 2 nitrogen and oxygen atoms in total. The van der Waals surface area contributed by atoms with Crippen LogP contribution < -0.4 is 0 Å². The van der Waals surface area contributed by atoms with Gasteiger partial charge < -0.3 is 9.84 Å². The quantitative estimate of drug-likeness (QED) is 0.822. The molecule has 0 unspecified atom stereocenters. The molecule has 1 fully saturated rings. The number of aromatic hydroxyl groups is 1. The van der Waals surface area contributed by atoms with Gasteiger partial charge in [-0.3, -0.25) is 0 Å². The summed E-state index contributed by atoms with van der Waals surface area (Å²) >= 11 is 0. The smallest absolute Gasteiger partial charge is 0.121 e. The van der Waals surface area contributed by atoms with E-state index in [0.717, 1.165) is 5.56 Å². The number of ether oxygens (including phenoxy) is 1. The topological polar surface area (TPSA) is 29.5 Å². The molecule has 15 heavy (non-hydrogen) atoms. The molecule has 0 saturated heterocycles. The first-order valence-electron chi connectivity index (χ1n) is 5.75. The highest BCUT2D eigenvalue weighted by Gasteiger charge is 2.14. The van der Waals surface area contributed by atoms with Gasteiger partial charge in [-0.2, -0.15) is 0 Å². The molecular formula is C13H18O2. The molecule has 2 heteroatoms. The van der Waals surface area contributed by atoms with E-state index in [1.165, 1.54) is 32.1 Å². The Morgan fingerprint density at radius 2 is 1.87 bits per heavy atom. The second kappa shape index (κ2) is 5.17. The van der Waals surface area contributed by atoms with E-state index < -0.39 is 0 Å². The minimum absolute atomic E-state index is 0.341. The molecule has 1 aliphatic carbocycles. The lowest BCUT2D eigenvalue weighted by molar-refractivity contribution is 0.0161. The van der Waals surface area contributed by atoms with Crippen molar-refractivity contribution in [2.24, 2.45) is 0 Å². The Labute approximate surface area is 90.9 Å². The van der Waals surface area contributed by atoms with Crippen LogP contribution in [0.15, 0.2) is 24.3 Å². The normalized spacial score (nSPS) is 17.9. The minimum Gasteiger partial charge on any atom is -0.508 e. The van der Waals surface area contributed by atoms with Gasteiger partial charge in [0.25, 0.3) is 0 Å². The first kappa shape index (κ1) is 10.5. The molecule has 1 aromatic carbocycles. The predicted octanol–water partition coefficient (Wildman–Crippen LogP) is 3.24. The number of phenols is 1. The van der Waals surface area contributed by atoms with Crippen LogP contribution in [0.5, 0.6) is 5.75 Å². The van der Waals surface area contributed by atoms with Crippen LogP contribution in [0.1, 0.15) is 37.7 Å². The molecule has 0 atom stereocenters. The Morgan fingerprint density at radius 1 is 1.13 bits per heavy atom. The summed E-state index contributed by atoms with van der Waals surface area (Å²) in [5.41, 5.74) is 0.892. The van der Waals surface area contributed by atoms with Crippen molar-refractivity contribution in [3.63, 3.8) is 0 Å². The van der Waals surface area contributed by atoms with E-state index >= 15 is 0 Å². The number of benzene rings is 1. The van der Waals surface area contributed by atoms with E-state index in [1.54, 1.807) is 6.07 Å². The zero-order chi connectivity index (χ0) is 10.5. The molecule has 0 heterocycles. The molecule has 0 spiro atoms.